The summed E-state index contributed by atoms with van der Waals surface area (Å²) in [4.78, 5) is 13.5. The van der Waals surface area contributed by atoms with Gasteiger partial charge in [0.15, 0.2) is 0 Å². The fraction of sp³-hybridized carbons (Fsp3) is 0.333. The van der Waals surface area contributed by atoms with Crippen LogP contribution in [-0.4, -0.2) is 48.1 Å². The topological polar surface area (TPSA) is 118 Å². The first-order chi connectivity index (χ1) is 18.1. The molecule has 2 atom stereocenters. The van der Waals surface area contributed by atoms with Crippen molar-refractivity contribution in [2.45, 2.75) is 44.1 Å². The van der Waals surface area contributed by atoms with Gasteiger partial charge in [0.05, 0.1) is 22.7 Å². The minimum atomic E-state index is -0.169. The second-order valence-corrected chi connectivity index (χ2v) is 9.85. The summed E-state index contributed by atoms with van der Waals surface area (Å²) in [6.45, 7) is 0.464. The summed E-state index contributed by atoms with van der Waals surface area (Å²) in [6.07, 6.45) is 9.38. The van der Waals surface area contributed by atoms with E-state index in [9.17, 15) is 0 Å². The molecule has 188 valence electrons. The van der Waals surface area contributed by atoms with E-state index in [1.807, 2.05) is 54.3 Å². The molecule has 10 nitrogen and oxygen atoms in total. The zero-order valence-corrected chi connectivity index (χ0v) is 20.5. The maximum absolute atomic E-state index is 6.41. The lowest BCUT2D eigenvalue weighted by Crippen LogP contribution is -2.18. The van der Waals surface area contributed by atoms with Crippen molar-refractivity contribution in [1.82, 2.24) is 29.3 Å². The number of ether oxygens (including phenoxy) is 2. The lowest BCUT2D eigenvalue weighted by Gasteiger charge is -2.16. The van der Waals surface area contributed by atoms with Gasteiger partial charge in [0.1, 0.15) is 42.2 Å². The molecule has 2 fully saturated rings. The summed E-state index contributed by atoms with van der Waals surface area (Å²) >= 11 is 0. The van der Waals surface area contributed by atoms with Crippen molar-refractivity contribution in [3.8, 4) is 17.0 Å². The molecule has 0 amide bonds. The van der Waals surface area contributed by atoms with Crippen molar-refractivity contribution in [3.05, 3.63) is 55.1 Å². The van der Waals surface area contributed by atoms with Crippen LogP contribution in [0.2, 0.25) is 0 Å². The van der Waals surface area contributed by atoms with Gasteiger partial charge in [-0.2, -0.15) is 5.10 Å². The lowest BCUT2D eigenvalue weighted by molar-refractivity contribution is -0.0155. The summed E-state index contributed by atoms with van der Waals surface area (Å²) in [5.74, 6) is 2.14. The quantitative estimate of drug-likeness (QED) is 0.343. The number of pyridine rings is 1. The number of nitrogens with zero attached hydrogens (tertiary/aromatic N) is 6. The predicted octanol–water partition coefficient (Wildman–Crippen LogP) is 4.29. The molecule has 1 saturated carbocycles. The molecule has 5 heterocycles. The maximum Gasteiger partial charge on any atom is 0.148 e. The minimum absolute atomic E-state index is 0.0357. The SMILES string of the molecule is Cn1ccc(-c2cn([C@H]3CC[C@@H](COc4ccc5ccc(NC6CC6)nc5c4)O3)c3ncnc(N)c23)n1. The van der Waals surface area contributed by atoms with Crippen molar-refractivity contribution in [2.24, 2.45) is 7.05 Å². The monoisotopic (exact) mass is 496 g/mol. The molecular formula is C27H28N8O2. The van der Waals surface area contributed by atoms with Crippen molar-refractivity contribution >= 4 is 33.6 Å². The number of nitrogens with one attached hydrogen (secondary N) is 1. The van der Waals surface area contributed by atoms with Crippen molar-refractivity contribution in [2.75, 3.05) is 17.7 Å². The largest absolute Gasteiger partial charge is 0.491 e. The van der Waals surface area contributed by atoms with E-state index in [2.05, 4.69) is 26.4 Å². The van der Waals surface area contributed by atoms with E-state index in [1.165, 1.54) is 19.2 Å². The molecule has 1 aliphatic heterocycles. The smallest absolute Gasteiger partial charge is 0.148 e. The average Bonchev–Trinajstić information content (AvgIpc) is 3.27. The summed E-state index contributed by atoms with van der Waals surface area (Å²) in [5, 5.41) is 9.90. The van der Waals surface area contributed by atoms with Crippen molar-refractivity contribution in [1.29, 1.82) is 0 Å². The van der Waals surface area contributed by atoms with Crippen LogP contribution >= 0.6 is 0 Å². The molecule has 4 aromatic heterocycles. The predicted molar refractivity (Wildman–Crippen MR) is 141 cm³/mol. The highest BCUT2D eigenvalue weighted by Gasteiger charge is 2.30. The van der Waals surface area contributed by atoms with Crippen LogP contribution < -0.4 is 15.8 Å². The number of nitrogens with two attached hydrogens (primary N) is 1. The zero-order chi connectivity index (χ0) is 24.9. The number of fused-ring (bicyclic) bond motifs is 2. The van der Waals surface area contributed by atoms with Crippen LogP contribution in [-0.2, 0) is 11.8 Å². The molecule has 0 unspecified atom stereocenters. The number of aryl methyl sites for hydroxylation is 1. The van der Waals surface area contributed by atoms with Gasteiger partial charge >= 0.3 is 0 Å². The van der Waals surface area contributed by atoms with Gasteiger partial charge in [-0.05, 0) is 56.0 Å². The van der Waals surface area contributed by atoms with Crippen molar-refractivity contribution < 1.29 is 9.47 Å². The summed E-state index contributed by atoms with van der Waals surface area (Å²) < 4.78 is 16.4. The molecule has 37 heavy (non-hydrogen) atoms. The third kappa shape index (κ3) is 4.23. The highest BCUT2D eigenvalue weighted by Crippen LogP contribution is 2.37. The van der Waals surface area contributed by atoms with Crippen molar-refractivity contribution in [3.63, 3.8) is 0 Å². The van der Waals surface area contributed by atoms with E-state index in [0.717, 1.165) is 57.6 Å². The second-order valence-electron chi connectivity index (χ2n) is 9.85. The van der Waals surface area contributed by atoms with E-state index >= 15 is 0 Å². The molecule has 0 radical (unpaired) electrons. The number of nitrogen functional groups attached to an aromatic ring is 1. The Balaban J connectivity index is 1.08. The van der Waals surface area contributed by atoms with Crippen LogP contribution in [0.4, 0.5) is 11.6 Å². The van der Waals surface area contributed by atoms with Gasteiger partial charge in [-0.15, -0.1) is 0 Å². The van der Waals surface area contributed by atoms with Gasteiger partial charge in [-0.3, -0.25) is 4.68 Å². The van der Waals surface area contributed by atoms with Crippen LogP contribution in [0.3, 0.4) is 0 Å². The molecule has 2 aliphatic rings. The number of rotatable bonds is 7. The number of aromatic nitrogens is 6. The average molecular weight is 497 g/mol. The first-order valence-corrected chi connectivity index (χ1v) is 12.7. The molecule has 3 N–H and O–H groups in total. The third-order valence-corrected chi connectivity index (χ3v) is 7.05. The molecule has 10 heteroatoms. The van der Waals surface area contributed by atoms with Crippen LogP contribution in [0.1, 0.15) is 31.9 Å². The Kier molecular flexibility index (Phi) is 5.21. The molecule has 1 saturated heterocycles. The Morgan fingerprint density at radius 1 is 1.11 bits per heavy atom. The van der Waals surface area contributed by atoms with Gasteiger partial charge in [-0.1, -0.05) is 0 Å². The lowest BCUT2D eigenvalue weighted by atomic mass is 10.2. The molecule has 0 bridgehead atoms. The summed E-state index contributed by atoms with van der Waals surface area (Å²) in [6, 6.07) is 12.7. The van der Waals surface area contributed by atoms with Gasteiger partial charge in [-0.25, -0.2) is 15.0 Å². The van der Waals surface area contributed by atoms with Gasteiger partial charge < -0.3 is 25.1 Å². The first kappa shape index (κ1) is 22.1. The standard InChI is InChI=1S/C27H28N8O2/c1-34-11-10-21(33-34)20-13-35(27-25(20)26(28)29-15-30-27)24-9-7-19(37-24)14-36-18-6-2-16-3-8-23(31-17-4-5-17)32-22(16)12-18/h2-3,6,8,10-13,15,17,19,24H,4-5,7,9,14H2,1H3,(H,31,32)(H2,28,29,30)/t19-,24+/m0/s1. The molecule has 0 spiro atoms. The fourth-order valence-electron chi connectivity index (χ4n) is 4.99. The molecule has 7 rings (SSSR count). The minimum Gasteiger partial charge on any atom is -0.491 e. The van der Waals surface area contributed by atoms with E-state index in [0.29, 0.717) is 18.5 Å². The molecule has 1 aliphatic carbocycles. The Morgan fingerprint density at radius 3 is 2.84 bits per heavy atom. The summed E-state index contributed by atoms with van der Waals surface area (Å²) in [5.41, 5.74) is 9.65. The molecule has 1 aromatic carbocycles. The van der Waals surface area contributed by atoms with E-state index in [-0.39, 0.29) is 12.3 Å². The van der Waals surface area contributed by atoms with Crippen LogP contribution in [0.25, 0.3) is 33.2 Å². The number of hydrogen-bond donors (Lipinski definition) is 2. The molecule has 5 aromatic rings. The number of benzene rings is 1. The van der Waals surface area contributed by atoms with Gasteiger partial charge in [0.25, 0.3) is 0 Å². The van der Waals surface area contributed by atoms with Crippen LogP contribution in [0.15, 0.2) is 55.1 Å². The Hall–Kier alpha value is -4.18. The highest BCUT2D eigenvalue weighted by molar-refractivity contribution is 5.99. The molecular weight excluding hydrogens is 468 g/mol. The van der Waals surface area contributed by atoms with Crippen LogP contribution in [0.5, 0.6) is 5.75 Å². The Bertz CT molecular complexity index is 1610. The van der Waals surface area contributed by atoms with Gasteiger partial charge in [0.2, 0.25) is 0 Å². The third-order valence-electron chi connectivity index (χ3n) is 7.05. The maximum atomic E-state index is 6.41. The van der Waals surface area contributed by atoms with Crippen LogP contribution in [0, 0.1) is 0 Å². The van der Waals surface area contributed by atoms with E-state index in [4.69, 9.17) is 20.2 Å². The highest BCUT2D eigenvalue weighted by atomic mass is 16.6. The van der Waals surface area contributed by atoms with E-state index < -0.39 is 0 Å². The van der Waals surface area contributed by atoms with E-state index in [1.54, 1.807) is 4.68 Å². The number of anilines is 2. The Morgan fingerprint density at radius 2 is 2.00 bits per heavy atom. The van der Waals surface area contributed by atoms with Gasteiger partial charge in [0, 0.05) is 42.5 Å². The fourth-order valence-corrected chi connectivity index (χ4v) is 4.99. The normalized spacial score (nSPS) is 19.6. The second kappa shape index (κ2) is 8.74. The Labute approximate surface area is 213 Å². The number of hydrogen-bond acceptors (Lipinski definition) is 8. The summed E-state index contributed by atoms with van der Waals surface area (Å²) in [7, 11) is 1.89. The first-order valence-electron chi connectivity index (χ1n) is 12.7. The zero-order valence-electron chi connectivity index (χ0n) is 20.5.